The minimum atomic E-state index is -1.72. The predicted molar refractivity (Wildman–Crippen MR) is 321 cm³/mol. The SMILES string of the molecule is NC(N)=NCCC[C@H](NC(=O)[C@H](Cc1ccccc1)NC(=O)[C@@H](Cc1ccccc1)NC(=O)[C@H](CO)NC(=O)[C@H](Cc1ccccc1)NC(=O)CNC(=O)[C@@H]1[C@H](O)CCN1C(=O)[C@@H]1CCCN1C(=O)C(N)C(c1ccccc1)c1ccccc1)C(=O)O. The molecule has 5 aromatic rings. The van der Waals surface area contributed by atoms with Gasteiger partial charge in [-0.3, -0.25) is 43.3 Å². The number of aliphatic imine (C=N–C) groups is 1. The normalized spacial score (nSPS) is 17.5. The van der Waals surface area contributed by atoms with E-state index in [9.17, 15) is 58.5 Å². The number of amides is 8. The van der Waals surface area contributed by atoms with Crippen molar-refractivity contribution >= 4 is 59.2 Å². The third-order valence-corrected chi connectivity index (χ3v) is 15.3. The van der Waals surface area contributed by atoms with Crippen LogP contribution in [0.2, 0.25) is 0 Å². The monoisotopic (exact) mass is 1190 g/mol. The number of carbonyl (C=O) groups is 9. The van der Waals surface area contributed by atoms with Gasteiger partial charge in [-0.05, 0) is 59.9 Å². The maximum atomic E-state index is 14.4. The Balaban J connectivity index is 1.01. The van der Waals surface area contributed by atoms with E-state index in [2.05, 4.69) is 36.9 Å². The van der Waals surface area contributed by atoms with Crippen molar-refractivity contribution in [2.24, 2.45) is 22.2 Å². The van der Waals surface area contributed by atoms with Gasteiger partial charge in [-0.1, -0.05) is 152 Å². The van der Waals surface area contributed by atoms with Gasteiger partial charge < -0.3 is 74.2 Å². The molecule has 0 spiro atoms. The molecule has 0 radical (unpaired) electrons. The number of aliphatic carboxylic acids is 1. The second-order valence-corrected chi connectivity index (χ2v) is 21.5. The number of guanidine groups is 1. The molecule has 2 heterocycles. The van der Waals surface area contributed by atoms with Crippen LogP contribution in [0.1, 0.15) is 65.8 Å². The van der Waals surface area contributed by atoms with Gasteiger partial charge in [0.1, 0.15) is 42.3 Å². The Bertz CT molecular complexity index is 3120. The van der Waals surface area contributed by atoms with E-state index in [1.807, 2.05) is 60.7 Å². The molecule has 2 saturated heterocycles. The number of hydrogen-bond acceptors (Lipinski definition) is 13. The van der Waals surface area contributed by atoms with Gasteiger partial charge in [0, 0.05) is 44.8 Å². The van der Waals surface area contributed by atoms with Crippen molar-refractivity contribution in [3.05, 3.63) is 179 Å². The molecular formula is C63H76N12O12. The molecule has 5 aromatic carbocycles. The molecule has 2 aliphatic rings. The molecule has 7 rings (SSSR count). The van der Waals surface area contributed by atoms with Gasteiger partial charge in [-0.2, -0.15) is 0 Å². The minimum absolute atomic E-state index is 0.0204. The van der Waals surface area contributed by atoms with Crippen molar-refractivity contribution < 1.29 is 58.5 Å². The summed E-state index contributed by atoms with van der Waals surface area (Å²) in [6.07, 6.45) is -0.763. The number of carbonyl (C=O) groups excluding carboxylic acids is 8. The van der Waals surface area contributed by atoms with Crippen LogP contribution in [0.5, 0.6) is 0 Å². The molecule has 87 heavy (non-hydrogen) atoms. The zero-order chi connectivity index (χ0) is 62.4. The van der Waals surface area contributed by atoms with E-state index in [1.165, 1.54) is 9.80 Å². The van der Waals surface area contributed by atoms with Crippen LogP contribution in [0, 0.1) is 0 Å². The van der Waals surface area contributed by atoms with E-state index >= 15 is 0 Å². The first kappa shape index (κ1) is 65.0. The molecule has 1 unspecified atom stereocenters. The van der Waals surface area contributed by atoms with Crippen LogP contribution in [-0.2, 0) is 62.4 Å². The van der Waals surface area contributed by atoms with Crippen molar-refractivity contribution in [2.45, 2.75) is 112 Å². The maximum Gasteiger partial charge on any atom is 0.326 e. The summed E-state index contributed by atoms with van der Waals surface area (Å²) in [6, 6.07) is 33.5. The van der Waals surface area contributed by atoms with Gasteiger partial charge in [-0.15, -0.1) is 0 Å². The molecule has 24 nitrogen and oxygen atoms in total. The van der Waals surface area contributed by atoms with Gasteiger partial charge >= 0.3 is 5.97 Å². The number of nitrogens with zero attached hydrogens (tertiary/aromatic N) is 3. The predicted octanol–water partition coefficient (Wildman–Crippen LogP) is -0.503. The van der Waals surface area contributed by atoms with Crippen LogP contribution in [0.15, 0.2) is 157 Å². The van der Waals surface area contributed by atoms with Gasteiger partial charge in [0.05, 0.1) is 25.3 Å². The first-order valence-electron chi connectivity index (χ1n) is 28.9. The minimum Gasteiger partial charge on any atom is -0.480 e. The van der Waals surface area contributed by atoms with Crippen molar-refractivity contribution in [3.63, 3.8) is 0 Å². The average Bonchev–Trinajstić information content (AvgIpc) is 4.28. The molecule has 0 bridgehead atoms. The molecule has 2 fully saturated rings. The number of carboxylic acids is 1. The summed E-state index contributed by atoms with van der Waals surface area (Å²) in [4.78, 5) is 132. The van der Waals surface area contributed by atoms with Crippen LogP contribution >= 0.6 is 0 Å². The third-order valence-electron chi connectivity index (χ3n) is 15.3. The number of benzene rings is 5. The molecule has 0 saturated carbocycles. The Kier molecular flexibility index (Phi) is 24.0. The van der Waals surface area contributed by atoms with E-state index in [0.29, 0.717) is 23.1 Å². The zero-order valence-electron chi connectivity index (χ0n) is 48.0. The highest BCUT2D eigenvalue weighted by atomic mass is 16.4. The van der Waals surface area contributed by atoms with Crippen molar-refractivity contribution in [1.29, 1.82) is 0 Å². The number of nitrogens with one attached hydrogen (secondary N) is 6. The summed E-state index contributed by atoms with van der Waals surface area (Å²) in [5.74, 6) is -8.51. The van der Waals surface area contributed by atoms with Crippen LogP contribution in [0.4, 0.5) is 0 Å². The van der Waals surface area contributed by atoms with Crippen molar-refractivity contribution in [2.75, 3.05) is 32.8 Å². The highest BCUT2D eigenvalue weighted by Gasteiger charge is 2.47. The lowest BCUT2D eigenvalue weighted by atomic mass is 9.84. The Morgan fingerprint density at radius 3 is 1.46 bits per heavy atom. The maximum absolute atomic E-state index is 14.4. The van der Waals surface area contributed by atoms with Crippen LogP contribution in [0.25, 0.3) is 0 Å². The Morgan fingerprint density at radius 1 is 0.563 bits per heavy atom. The first-order valence-corrected chi connectivity index (χ1v) is 28.9. The molecule has 460 valence electrons. The van der Waals surface area contributed by atoms with Gasteiger partial charge in [0.2, 0.25) is 47.3 Å². The van der Waals surface area contributed by atoms with Crippen molar-refractivity contribution in [1.82, 2.24) is 41.7 Å². The van der Waals surface area contributed by atoms with Gasteiger partial charge in [0.25, 0.3) is 0 Å². The van der Waals surface area contributed by atoms with Crippen LogP contribution < -0.4 is 49.1 Å². The zero-order valence-corrected chi connectivity index (χ0v) is 48.0. The number of rotatable bonds is 29. The summed E-state index contributed by atoms with van der Waals surface area (Å²) in [5, 5.41) is 47.0. The number of nitrogens with two attached hydrogens (primary N) is 3. The molecular weight excluding hydrogens is 1120 g/mol. The lowest BCUT2D eigenvalue weighted by Crippen LogP contribution is -2.60. The summed E-state index contributed by atoms with van der Waals surface area (Å²) >= 11 is 0. The quantitative estimate of drug-likeness (QED) is 0.0163. The Morgan fingerprint density at radius 2 is 1.00 bits per heavy atom. The fraction of sp³-hybridized carbons (Fsp3) is 0.365. The fourth-order valence-corrected chi connectivity index (χ4v) is 10.8. The second-order valence-electron chi connectivity index (χ2n) is 21.5. The Hall–Kier alpha value is -9.52. The number of hydrogen-bond donors (Lipinski definition) is 12. The number of aliphatic hydroxyl groups is 2. The lowest BCUT2D eigenvalue weighted by Gasteiger charge is -2.34. The average molecular weight is 1190 g/mol. The Labute approximate surface area is 503 Å². The summed E-state index contributed by atoms with van der Waals surface area (Å²) < 4.78 is 0. The fourth-order valence-electron chi connectivity index (χ4n) is 10.8. The molecule has 15 N–H and O–H groups in total. The molecule has 0 aliphatic carbocycles. The smallest absolute Gasteiger partial charge is 0.326 e. The molecule has 0 aromatic heterocycles. The topological polar surface area (TPSA) is 383 Å². The third kappa shape index (κ3) is 18.5. The van der Waals surface area contributed by atoms with Crippen LogP contribution in [0.3, 0.4) is 0 Å². The van der Waals surface area contributed by atoms with E-state index in [-0.39, 0.29) is 70.5 Å². The summed E-state index contributed by atoms with van der Waals surface area (Å²) in [5.41, 5.74) is 21.0. The number of aliphatic hydroxyl groups excluding tert-OH is 2. The molecule has 9 atom stereocenters. The van der Waals surface area contributed by atoms with Crippen LogP contribution in [-0.4, -0.2) is 172 Å². The molecule has 2 aliphatic heterocycles. The van der Waals surface area contributed by atoms with E-state index in [0.717, 1.165) is 11.1 Å². The van der Waals surface area contributed by atoms with Gasteiger partial charge in [0.15, 0.2) is 5.96 Å². The standard InChI is InChI=1S/C63H76N12O12/c64-53(52(42-24-12-4-13-25-42)43-26-14-5-15-27-43)61(85)74-32-17-29-49(74)60(84)75-33-30-50(77)54(75)59(83)68-37-51(78)69-45(34-39-18-6-1-7-19-39)55(79)73-48(38-76)58(82)72-47(36-41-22-10-3-11-23-41)57(81)71-46(35-40-20-8-2-9-21-40)56(80)70-44(62(86)87)28-16-31-67-63(65)66/h1-15,18-27,44-50,52-54,76-77H,16-17,28-38,64H2,(H,68,83)(H,69,78)(H,70,80)(H,71,81)(H,72,82)(H,73,79)(H,86,87)(H4,65,66,67)/t44-,45-,46-,47+,48-,49-,50+,53?,54-/m0/s1. The first-order chi connectivity index (χ1) is 41.9. The molecule has 8 amide bonds. The highest BCUT2D eigenvalue weighted by Crippen LogP contribution is 2.31. The van der Waals surface area contributed by atoms with E-state index < -0.39 is 127 Å². The molecule has 24 heteroatoms. The number of likely N-dealkylation sites (tertiary alicyclic amines) is 2. The summed E-state index contributed by atoms with van der Waals surface area (Å²) in [6.45, 7) is -1.40. The lowest BCUT2D eigenvalue weighted by molar-refractivity contribution is -0.148. The highest BCUT2D eigenvalue weighted by molar-refractivity contribution is 5.98. The summed E-state index contributed by atoms with van der Waals surface area (Å²) in [7, 11) is 0. The van der Waals surface area contributed by atoms with Crippen molar-refractivity contribution in [3.8, 4) is 0 Å². The van der Waals surface area contributed by atoms with Gasteiger partial charge in [-0.25, -0.2) is 4.79 Å². The number of carboxylic acid groups (broad SMARTS) is 1. The second kappa shape index (κ2) is 32.1. The van der Waals surface area contributed by atoms with E-state index in [1.54, 1.807) is 91.0 Å². The largest absolute Gasteiger partial charge is 0.480 e. The van der Waals surface area contributed by atoms with E-state index in [4.69, 9.17) is 17.2 Å².